The van der Waals surface area contributed by atoms with Crippen LogP contribution in [0.25, 0.3) is 0 Å². The minimum absolute atomic E-state index is 0.0401. The predicted molar refractivity (Wildman–Crippen MR) is 97.0 cm³/mol. The summed E-state index contributed by atoms with van der Waals surface area (Å²) in [5.74, 6) is 0.746. The average Bonchev–Trinajstić information content (AvgIpc) is 2.94. The number of nitrogens with one attached hydrogen (secondary N) is 1. The fourth-order valence-corrected chi connectivity index (χ4v) is 3.07. The minimum Gasteiger partial charge on any atom is -0.488 e. The van der Waals surface area contributed by atoms with Crippen molar-refractivity contribution in [2.24, 2.45) is 0 Å². The van der Waals surface area contributed by atoms with Crippen molar-refractivity contribution in [1.29, 1.82) is 0 Å². The molecule has 1 aliphatic heterocycles. The van der Waals surface area contributed by atoms with E-state index in [9.17, 15) is 4.79 Å². The summed E-state index contributed by atoms with van der Waals surface area (Å²) >= 11 is 6.06. The van der Waals surface area contributed by atoms with Gasteiger partial charge in [0.15, 0.2) is 0 Å². The van der Waals surface area contributed by atoms with Crippen molar-refractivity contribution in [3.63, 3.8) is 0 Å². The van der Waals surface area contributed by atoms with Gasteiger partial charge >= 0.3 is 0 Å². The molecule has 3 nitrogen and oxygen atoms in total. The number of fused-ring (bicyclic) bond motifs is 1. The highest BCUT2D eigenvalue weighted by atomic mass is 35.5. The van der Waals surface area contributed by atoms with Gasteiger partial charge in [0.1, 0.15) is 11.9 Å². The standard InChI is InChI=1S/C20H22ClNO2/c1-20(2,3)14-8-9-18-13(10-14)11-15(24-18)12-22-19(23)16-6-4-5-7-17(16)21/h4-10,15H,11-12H2,1-3H3,(H,22,23). The summed E-state index contributed by atoms with van der Waals surface area (Å²) < 4.78 is 5.94. The molecule has 4 heteroatoms. The van der Waals surface area contributed by atoms with E-state index in [-0.39, 0.29) is 17.4 Å². The maximum atomic E-state index is 12.2. The molecule has 1 atom stereocenters. The van der Waals surface area contributed by atoms with E-state index < -0.39 is 0 Å². The van der Waals surface area contributed by atoms with Gasteiger partial charge in [0, 0.05) is 6.42 Å². The highest BCUT2D eigenvalue weighted by Gasteiger charge is 2.25. The number of hydrogen-bond donors (Lipinski definition) is 1. The number of carbonyl (C=O) groups is 1. The van der Waals surface area contributed by atoms with Gasteiger partial charge in [-0.3, -0.25) is 4.79 Å². The van der Waals surface area contributed by atoms with E-state index in [0.717, 1.165) is 12.2 Å². The van der Waals surface area contributed by atoms with Crippen LogP contribution in [0.2, 0.25) is 5.02 Å². The van der Waals surface area contributed by atoms with Crippen molar-refractivity contribution in [3.05, 3.63) is 64.2 Å². The van der Waals surface area contributed by atoms with Crippen LogP contribution in [0, 0.1) is 0 Å². The molecule has 24 heavy (non-hydrogen) atoms. The summed E-state index contributed by atoms with van der Waals surface area (Å²) in [6, 6.07) is 13.4. The topological polar surface area (TPSA) is 38.3 Å². The van der Waals surface area contributed by atoms with Crippen molar-refractivity contribution in [1.82, 2.24) is 5.32 Å². The zero-order valence-electron chi connectivity index (χ0n) is 14.2. The van der Waals surface area contributed by atoms with Gasteiger partial charge in [0.05, 0.1) is 17.1 Å². The molecule has 0 saturated carbocycles. The Morgan fingerprint density at radius 3 is 2.71 bits per heavy atom. The predicted octanol–water partition coefficient (Wildman–Crippen LogP) is 4.37. The van der Waals surface area contributed by atoms with Crippen LogP contribution >= 0.6 is 11.6 Å². The maximum Gasteiger partial charge on any atom is 0.252 e. The first-order chi connectivity index (χ1) is 11.3. The van der Waals surface area contributed by atoms with E-state index in [0.29, 0.717) is 17.1 Å². The normalized spacial score (nSPS) is 16.4. The molecule has 1 unspecified atom stereocenters. The van der Waals surface area contributed by atoms with Gasteiger partial charge in [-0.2, -0.15) is 0 Å². The van der Waals surface area contributed by atoms with Crippen LogP contribution in [0.4, 0.5) is 0 Å². The third-order valence-electron chi connectivity index (χ3n) is 4.28. The molecule has 1 heterocycles. The van der Waals surface area contributed by atoms with Gasteiger partial charge in [-0.1, -0.05) is 56.6 Å². The molecule has 0 fully saturated rings. The second-order valence-electron chi connectivity index (χ2n) is 7.21. The molecule has 0 aromatic heterocycles. The van der Waals surface area contributed by atoms with Crippen LogP contribution in [-0.2, 0) is 11.8 Å². The second-order valence-corrected chi connectivity index (χ2v) is 7.61. The van der Waals surface area contributed by atoms with Gasteiger partial charge in [-0.25, -0.2) is 0 Å². The van der Waals surface area contributed by atoms with Crippen LogP contribution in [-0.4, -0.2) is 18.6 Å². The number of benzene rings is 2. The molecule has 1 N–H and O–H groups in total. The van der Waals surface area contributed by atoms with Crippen molar-refractivity contribution in [2.45, 2.75) is 38.7 Å². The first kappa shape index (κ1) is 16.8. The maximum absolute atomic E-state index is 12.2. The molecule has 1 aliphatic rings. The third kappa shape index (κ3) is 3.57. The Bertz CT molecular complexity index is 764. The fourth-order valence-electron chi connectivity index (χ4n) is 2.85. The fraction of sp³-hybridized carbons (Fsp3) is 0.350. The summed E-state index contributed by atoms with van der Waals surface area (Å²) in [5.41, 5.74) is 3.11. The summed E-state index contributed by atoms with van der Waals surface area (Å²) in [6.07, 6.45) is 0.767. The molecule has 0 saturated heterocycles. The van der Waals surface area contributed by atoms with Crippen molar-refractivity contribution in [3.8, 4) is 5.75 Å². The molecule has 0 spiro atoms. The van der Waals surface area contributed by atoms with Crippen molar-refractivity contribution < 1.29 is 9.53 Å². The Morgan fingerprint density at radius 2 is 2.00 bits per heavy atom. The van der Waals surface area contributed by atoms with Gasteiger partial charge in [0.25, 0.3) is 5.91 Å². The molecule has 3 rings (SSSR count). The number of rotatable bonds is 3. The van der Waals surface area contributed by atoms with Crippen molar-refractivity contribution >= 4 is 17.5 Å². The molecule has 2 aromatic rings. The van der Waals surface area contributed by atoms with Crippen LogP contribution in [0.15, 0.2) is 42.5 Å². The lowest BCUT2D eigenvalue weighted by atomic mass is 9.86. The molecule has 0 aliphatic carbocycles. The largest absolute Gasteiger partial charge is 0.488 e. The first-order valence-electron chi connectivity index (χ1n) is 8.17. The number of ether oxygens (including phenoxy) is 1. The summed E-state index contributed by atoms with van der Waals surface area (Å²) in [7, 11) is 0. The monoisotopic (exact) mass is 343 g/mol. The zero-order valence-corrected chi connectivity index (χ0v) is 15.0. The quantitative estimate of drug-likeness (QED) is 0.898. The lowest BCUT2D eigenvalue weighted by molar-refractivity contribution is 0.0933. The molecular formula is C20H22ClNO2. The van der Waals surface area contributed by atoms with Crippen LogP contribution < -0.4 is 10.1 Å². The molecule has 126 valence electrons. The Labute approximate surface area is 148 Å². The molecule has 0 bridgehead atoms. The molecular weight excluding hydrogens is 322 g/mol. The smallest absolute Gasteiger partial charge is 0.252 e. The summed E-state index contributed by atoms with van der Waals surface area (Å²) in [4.78, 5) is 12.2. The average molecular weight is 344 g/mol. The molecule has 0 radical (unpaired) electrons. The Balaban J connectivity index is 1.62. The van der Waals surface area contributed by atoms with Crippen molar-refractivity contribution in [2.75, 3.05) is 6.54 Å². The van der Waals surface area contributed by atoms with E-state index >= 15 is 0 Å². The van der Waals surface area contributed by atoms with E-state index in [1.807, 2.05) is 12.1 Å². The summed E-state index contributed by atoms with van der Waals surface area (Å²) in [5, 5.41) is 3.37. The number of amides is 1. The lowest BCUT2D eigenvalue weighted by Gasteiger charge is -2.19. The van der Waals surface area contributed by atoms with Gasteiger partial charge < -0.3 is 10.1 Å². The van der Waals surface area contributed by atoms with Crippen LogP contribution in [0.1, 0.15) is 42.3 Å². The Hall–Kier alpha value is -2.00. The van der Waals surface area contributed by atoms with Crippen LogP contribution in [0.5, 0.6) is 5.75 Å². The van der Waals surface area contributed by atoms with Gasteiger partial charge in [-0.05, 0) is 34.7 Å². The molecule has 2 aromatic carbocycles. The van der Waals surface area contributed by atoms with E-state index in [2.05, 4.69) is 38.2 Å². The SMILES string of the molecule is CC(C)(C)c1ccc2c(c1)CC(CNC(=O)c1ccccc1Cl)O2. The summed E-state index contributed by atoms with van der Waals surface area (Å²) in [6.45, 7) is 7.06. The van der Waals surface area contributed by atoms with E-state index in [1.165, 1.54) is 11.1 Å². The zero-order chi connectivity index (χ0) is 17.3. The second kappa shape index (κ2) is 6.48. The molecule has 1 amide bonds. The van der Waals surface area contributed by atoms with Gasteiger partial charge in [-0.15, -0.1) is 0 Å². The van der Waals surface area contributed by atoms with Crippen LogP contribution in [0.3, 0.4) is 0 Å². The van der Waals surface area contributed by atoms with E-state index in [1.54, 1.807) is 18.2 Å². The minimum atomic E-state index is -0.171. The highest BCUT2D eigenvalue weighted by molar-refractivity contribution is 6.33. The van der Waals surface area contributed by atoms with Gasteiger partial charge in [0.2, 0.25) is 0 Å². The number of carbonyl (C=O) groups excluding carboxylic acids is 1. The number of hydrogen-bond acceptors (Lipinski definition) is 2. The first-order valence-corrected chi connectivity index (χ1v) is 8.55. The lowest BCUT2D eigenvalue weighted by Crippen LogP contribution is -2.34. The Kier molecular flexibility index (Phi) is 4.55. The highest BCUT2D eigenvalue weighted by Crippen LogP contribution is 2.33. The third-order valence-corrected chi connectivity index (χ3v) is 4.61. The van der Waals surface area contributed by atoms with E-state index in [4.69, 9.17) is 16.3 Å². The Morgan fingerprint density at radius 1 is 1.25 bits per heavy atom. The number of halogens is 1.